The Balaban J connectivity index is 0.00000336. The van der Waals surface area contributed by atoms with Crippen LogP contribution in [0.3, 0.4) is 0 Å². The predicted octanol–water partition coefficient (Wildman–Crippen LogP) is 6.04. The molecule has 2 aromatic heterocycles. The molecule has 1 N–H and O–H groups in total. The van der Waals surface area contributed by atoms with Crippen LogP contribution in [0.1, 0.15) is 42.1 Å². The summed E-state index contributed by atoms with van der Waals surface area (Å²) >= 11 is 0. The molecule has 0 unspecified atom stereocenters. The highest BCUT2D eigenvalue weighted by Crippen LogP contribution is 2.30. The Morgan fingerprint density at radius 2 is 1.84 bits per heavy atom. The predicted molar refractivity (Wildman–Crippen MR) is 142 cm³/mol. The van der Waals surface area contributed by atoms with Gasteiger partial charge in [-0.1, -0.05) is 24.7 Å². The number of aromatic nitrogens is 3. The number of aryl methyl sites for hydroxylation is 1. The molecule has 0 aliphatic rings. The van der Waals surface area contributed by atoms with Crippen LogP contribution in [0.15, 0.2) is 83.6 Å². The number of ether oxygens (including phenoxy) is 2. The average molecular weight is 517 g/mol. The van der Waals surface area contributed by atoms with Gasteiger partial charge in [-0.05, 0) is 74.0 Å². The molecule has 3 aromatic carbocycles. The van der Waals surface area contributed by atoms with E-state index in [1.165, 1.54) is 18.3 Å². The number of fused-ring (bicyclic) bond motifs is 1. The third-order valence-corrected chi connectivity index (χ3v) is 6.10. The number of rotatable bonds is 8. The van der Waals surface area contributed by atoms with Crippen molar-refractivity contribution in [2.75, 3.05) is 7.11 Å². The number of halogens is 1. The van der Waals surface area contributed by atoms with Gasteiger partial charge in [0.15, 0.2) is 0 Å². The first kappa shape index (κ1) is 26.4. The maximum absolute atomic E-state index is 13.4. The van der Waals surface area contributed by atoms with Crippen LogP contribution < -0.4 is 14.8 Å². The van der Waals surface area contributed by atoms with Gasteiger partial charge in [0.2, 0.25) is 0 Å². The molecule has 0 saturated carbocycles. The summed E-state index contributed by atoms with van der Waals surface area (Å²) in [6.07, 6.45) is 2.58. The fraction of sp³-hybridized carbons (Fsp3) is 0.207. The van der Waals surface area contributed by atoms with Gasteiger partial charge in [-0.15, -0.1) is 0 Å². The Hall–Kier alpha value is -4.66. The van der Waals surface area contributed by atoms with Gasteiger partial charge in [0.1, 0.15) is 34.7 Å². The van der Waals surface area contributed by atoms with Crippen LogP contribution in [0.2, 0.25) is 0 Å². The molecule has 5 aromatic rings. The van der Waals surface area contributed by atoms with E-state index in [0.29, 0.717) is 22.8 Å². The Morgan fingerprint density at radius 1 is 1.05 bits per heavy atom. The van der Waals surface area contributed by atoms with E-state index in [4.69, 9.17) is 14.0 Å². The van der Waals surface area contributed by atoms with E-state index in [1.54, 1.807) is 37.0 Å². The van der Waals surface area contributed by atoms with Gasteiger partial charge >= 0.3 is 0 Å². The first-order chi connectivity index (χ1) is 17.9. The number of hydrogen-bond acceptors (Lipinski definition) is 6. The average Bonchev–Trinajstić information content (AvgIpc) is 3.53. The smallest absolute Gasteiger partial charge is 0.256 e. The Bertz CT molecular complexity index is 1540. The monoisotopic (exact) mass is 516 g/mol. The van der Waals surface area contributed by atoms with Gasteiger partial charge in [0, 0.05) is 5.39 Å². The fourth-order valence-corrected chi connectivity index (χ4v) is 4.17. The Labute approximate surface area is 220 Å². The molecule has 0 saturated heterocycles. The molecular weight excluding hydrogens is 487 g/mol. The molecule has 0 radical (unpaired) electrons. The number of amides is 1. The molecule has 5 rings (SSSR count). The minimum atomic E-state index is -0.538. The normalized spacial score (nSPS) is 12.4. The summed E-state index contributed by atoms with van der Waals surface area (Å²) in [5, 5.41) is 12.0. The van der Waals surface area contributed by atoms with Crippen molar-refractivity contribution < 1.29 is 23.2 Å². The summed E-state index contributed by atoms with van der Waals surface area (Å²) in [7, 11) is 1.60. The highest BCUT2D eigenvalue weighted by molar-refractivity contribution is 5.95. The standard InChI is InChI=1S/C28H25FN4O4.CH4/c1-17(32-28(34)25-16-31-37-18(25)2)27(19-5-4-6-23(13-19)35-3)36-24-11-12-26-20(14-24)15-30-33(26)22-9-7-21(29)8-10-22;/h4-17,27H,1-3H3,(H,32,34);1H4/t17-,27-;/m0./s1. The van der Waals surface area contributed by atoms with Crippen LogP contribution in [0.4, 0.5) is 4.39 Å². The number of hydrogen-bond donors (Lipinski definition) is 1. The second-order valence-corrected chi connectivity index (χ2v) is 8.63. The number of methoxy groups -OCH3 is 1. The number of nitrogens with zero attached hydrogens (tertiary/aromatic N) is 3. The largest absolute Gasteiger partial charge is 0.497 e. The van der Waals surface area contributed by atoms with Gasteiger partial charge in [0.25, 0.3) is 5.91 Å². The molecule has 2 atom stereocenters. The zero-order valence-electron chi connectivity index (χ0n) is 20.5. The third kappa shape index (κ3) is 5.36. The molecule has 0 aliphatic heterocycles. The first-order valence-electron chi connectivity index (χ1n) is 11.7. The van der Waals surface area contributed by atoms with Crippen LogP contribution in [0, 0.1) is 12.7 Å². The van der Waals surface area contributed by atoms with E-state index in [0.717, 1.165) is 22.2 Å². The summed E-state index contributed by atoms with van der Waals surface area (Å²) in [6.45, 7) is 3.56. The molecule has 9 heteroatoms. The first-order valence-corrected chi connectivity index (χ1v) is 11.7. The van der Waals surface area contributed by atoms with Crippen molar-refractivity contribution in [3.05, 3.63) is 102 Å². The van der Waals surface area contributed by atoms with E-state index in [9.17, 15) is 9.18 Å². The molecule has 0 fully saturated rings. The molecule has 196 valence electrons. The van der Waals surface area contributed by atoms with Crippen molar-refractivity contribution >= 4 is 16.8 Å². The zero-order chi connectivity index (χ0) is 25.9. The van der Waals surface area contributed by atoms with Crippen LogP contribution in [-0.2, 0) is 0 Å². The van der Waals surface area contributed by atoms with Crippen LogP contribution in [0.5, 0.6) is 11.5 Å². The van der Waals surface area contributed by atoms with Gasteiger partial charge in [-0.25, -0.2) is 9.07 Å². The lowest BCUT2D eigenvalue weighted by Gasteiger charge is -2.27. The van der Waals surface area contributed by atoms with E-state index >= 15 is 0 Å². The van der Waals surface area contributed by atoms with Crippen molar-refractivity contribution in [2.24, 2.45) is 0 Å². The van der Waals surface area contributed by atoms with E-state index in [2.05, 4.69) is 15.6 Å². The topological polar surface area (TPSA) is 91.4 Å². The van der Waals surface area contributed by atoms with Gasteiger partial charge < -0.3 is 19.3 Å². The summed E-state index contributed by atoms with van der Waals surface area (Å²) in [5.41, 5.74) is 2.79. The van der Waals surface area contributed by atoms with Gasteiger partial charge in [0.05, 0.1) is 36.7 Å². The molecule has 1 amide bonds. The third-order valence-electron chi connectivity index (χ3n) is 6.10. The fourth-order valence-electron chi connectivity index (χ4n) is 4.17. The van der Waals surface area contributed by atoms with Gasteiger partial charge in [-0.2, -0.15) is 5.10 Å². The number of carbonyl (C=O) groups excluding carboxylic acids is 1. The quantitative estimate of drug-likeness (QED) is 0.270. The van der Waals surface area contributed by atoms with Crippen molar-refractivity contribution in [3.63, 3.8) is 0 Å². The molecule has 38 heavy (non-hydrogen) atoms. The zero-order valence-corrected chi connectivity index (χ0v) is 20.5. The highest BCUT2D eigenvalue weighted by atomic mass is 19.1. The second-order valence-electron chi connectivity index (χ2n) is 8.63. The van der Waals surface area contributed by atoms with E-state index in [-0.39, 0.29) is 19.2 Å². The number of carbonyl (C=O) groups is 1. The summed E-state index contributed by atoms with van der Waals surface area (Å²) in [4.78, 5) is 12.9. The summed E-state index contributed by atoms with van der Waals surface area (Å²) in [6, 6.07) is 18.9. The molecule has 8 nitrogen and oxygen atoms in total. The minimum absolute atomic E-state index is 0. The number of benzene rings is 3. The van der Waals surface area contributed by atoms with E-state index in [1.807, 2.05) is 49.4 Å². The molecule has 0 bridgehead atoms. The SMILES string of the molecule is C.COc1cccc([C@@H](Oc2ccc3c(cnn3-c3ccc(F)cc3)c2)[C@H](C)NC(=O)c2cnoc2C)c1. The molecular formula is C29H29FN4O4. The molecule has 0 aliphatic carbocycles. The van der Waals surface area contributed by atoms with Crippen molar-refractivity contribution in [2.45, 2.75) is 33.4 Å². The maximum Gasteiger partial charge on any atom is 0.256 e. The lowest BCUT2D eigenvalue weighted by molar-refractivity contribution is 0.0880. The second kappa shape index (κ2) is 11.2. The lowest BCUT2D eigenvalue weighted by atomic mass is 10.0. The minimum Gasteiger partial charge on any atom is -0.497 e. The van der Waals surface area contributed by atoms with Crippen molar-refractivity contribution in [1.82, 2.24) is 20.3 Å². The lowest BCUT2D eigenvalue weighted by Crippen LogP contribution is -2.39. The van der Waals surface area contributed by atoms with Crippen LogP contribution in [-0.4, -0.2) is 34.0 Å². The Morgan fingerprint density at radius 3 is 2.55 bits per heavy atom. The summed E-state index contributed by atoms with van der Waals surface area (Å²) < 4.78 is 32.0. The summed E-state index contributed by atoms with van der Waals surface area (Å²) in [5.74, 6) is 1.10. The van der Waals surface area contributed by atoms with Crippen molar-refractivity contribution in [3.8, 4) is 17.2 Å². The van der Waals surface area contributed by atoms with Crippen LogP contribution in [0.25, 0.3) is 16.6 Å². The Kier molecular flexibility index (Phi) is 7.76. The molecule has 2 heterocycles. The molecule has 0 spiro atoms. The van der Waals surface area contributed by atoms with E-state index < -0.39 is 12.1 Å². The number of nitrogens with one attached hydrogen (secondary N) is 1. The van der Waals surface area contributed by atoms with Crippen LogP contribution >= 0.6 is 0 Å². The van der Waals surface area contributed by atoms with Gasteiger partial charge in [-0.3, -0.25) is 4.79 Å². The maximum atomic E-state index is 13.4. The van der Waals surface area contributed by atoms with Crippen molar-refractivity contribution in [1.29, 1.82) is 0 Å². The highest BCUT2D eigenvalue weighted by Gasteiger charge is 2.26.